The van der Waals surface area contributed by atoms with Crippen LogP contribution in [-0.4, -0.2) is 34.3 Å². The molecule has 0 saturated heterocycles. The topological polar surface area (TPSA) is 58.2 Å². The third kappa shape index (κ3) is 6.26. The molecule has 1 rings (SSSR count). The van der Waals surface area contributed by atoms with Gasteiger partial charge in [0.2, 0.25) is 0 Å². The van der Waals surface area contributed by atoms with Gasteiger partial charge in [0.15, 0.2) is 0 Å². The van der Waals surface area contributed by atoms with Crippen LogP contribution in [-0.2, 0) is 22.1 Å². The van der Waals surface area contributed by atoms with Gasteiger partial charge in [0.1, 0.15) is 0 Å². The maximum Gasteiger partial charge on any atom is 0.471 e. The van der Waals surface area contributed by atoms with Crippen LogP contribution in [0, 0.1) is 0 Å². The van der Waals surface area contributed by atoms with Gasteiger partial charge >= 0.3 is 12.1 Å². The first kappa shape index (κ1) is 17.6. The summed E-state index contributed by atoms with van der Waals surface area (Å²) in [4.78, 5) is 10.8. The first-order valence-electron chi connectivity index (χ1n) is 6.20. The van der Waals surface area contributed by atoms with E-state index in [1.807, 2.05) is 6.92 Å². The van der Waals surface area contributed by atoms with E-state index >= 15 is 0 Å². The summed E-state index contributed by atoms with van der Waals surface area (Å²) < 4.78 is 47.6. The van der Waals surface area contributed by atoms with Gasteiger partial charge in [-0.2, -0.15) is 13.2 Å². The molecule has 2 atom stereocenters. The molecule has 1 amide bonds. The Balaban J connectivity index is 2.57. The maximum atomic E-state index is 12.1. The molecule has 1 aromatic carbocycles. The van der Waals surface area contributed by atoms with Crippen LogP contribution in [0.3, 0.4) is 0 Å². The van der Waals surface area contributed by atoms with E-state index in [1.165, 1.54) is 12.1 Å². The number of anilines is 1. The molecular formula is C13H17F3N2O2S. The fraction of sp³-hybridized carbons (Fsp3) is 0.462. The smallest absolute Gasteiger partial charge is 0.318 e. The van der Waals surface area contributed by atoms with Crippen molar-refractivity contribution in [3.63, 3.8) is 0 Å². The number of halogens is 3. The third-order valence-electron chi connectivity index (χ3n) is 2.77. The van der Waals surface area contributed by atoms with Crippen molar-refractivity contribution in [1.82, 2.24) is 5.32 Å². The molecule has 21 heavy (non-hydrogen) atoms. The minimum absolute atomic E-state index is 0.0156. The van der Waals surface area contributed by atoms with Crippen molar-refractivity contribution in [2.24, 2.45) is 0 Å². The lowest BCUT2D eigenvalue weighted by Gasteiger charge is -2.11. The zero-order chi connectivity index (χ0) is 16.0. The molecule has 0 aliphatic rings. The molecule has 1 aromatic rings. The van der Waals surface area contributed by atoms with Gasteiger partial charge < -0.3 is 10.6 Å². The summed E-state index contributed by atoms with van der Waals surface area (Å²) in [5, 5.41) is 4.85. The molecule has 0 aromatic heterocycles. The van der Waals surface area contributed by atoms with E-state index in [-0.39, 0.29) is 10.9 Å². The molecule has 0 radical (unpaired) electrons. The molecule has 4 nitrogen and oxygen atoms in total. The summed E-state index contributed by atoms with van der Waals surface area (Å²) in [5.41, 5.74) is 0.813. The first-order valence-corrected chi connectivity index (χ1v) is 7.82. The summed E-state index contributed by atoms with van der Waals surface area (Å²) in [5.74, 6) is -2.00. The molecule has 2 N–H and O–H groups in total. The van der Waals surface area contributed by atoms with E-state index in [0.717, 1.165) is 5.56 Å². The van der Waals surface area contributed by atoms with Gasteiger partial charge in [-0.05, 0) is 24.6 Å². The lowest BCUT2D eigenvalue weighted by atomic mass is 10.2. The van der Waals surface area contributed by atoms with Crippen molar-refractivity contribution in [2.45, 2.75) is 24.9 Å². The second-order valence-corrected chi connectivity index (χ2v) is 6.39. The zero-order valence-corrected chi connectivity index (χ0v) is 12.5. The highest BCUT2D eigenvalue weighted by atomic mass is 32.2. The van der Waals surface area contributed by atoms with Crippen molar-refractivity contribution < 1.29 is 22.2 Å². The first-order chi connectivity index (χ1) is 9.70. The zero-order valence-electron chi connectivity index (χ0n) is 11.7. The average molecular weight is 322 g/mol. The second kappa shape index (κ2) is 7.56. The minimum Gasteiger partial charge on any atom is -0.318 e. The summed E-state index contributed by atoms with van der Waals surface area (Å²) in [7, 11) is -0.935. The fourth-order valence-corrected chi connectivity index (χ4v) is 1.85. The largest absolute Gasteiger partial charge is 0.471 e. The van der Waals surface area contributed by atoms with Gasteiger partial charge in [-0.25, -0.2) is 0 Å². The molecule has 118 valence electrons. The molecule has 8 heteroatoms. The van der Waals surface area contributed by atoms with Crippen molar-refractivity contribution in [2.75, 3.05) is 18.1 Å². The summed E-state index contributed by atoms with van der Waals surface area (Å²) in [6.07, 6.45) is -3.30. The predicted octanol–water partition coefficient (Wildman–Crippen LogP) is 2.04. The SMILES string of the molecule is CC(CNCc1cccc(NC(=O)C(F)(F)F)c1)S(C)=O. The van der Waals surface area contributed by atoms with Gasteiger partial charge in [0.05, 0.1) is 0 Å². The number of carbonyl (C=O) groups excluding carboxylic acids is 1. The van der Waals surface area contributed by atoms with E-state index < -0.39 is 22.9 Å². The number of amides is 1. The van der Waals surface area contributed by atoms with Crippen LogP contribution >= 0.6 is 0 Å². The van der Waals surface area contributed by atoms with Crippen LogP contribution in [0.25, 0.3) is 0 Å². The highest BCUT2D eigenvalue weighted by Gasteiger charge is 2.38. The van der Waals surface area contributed by atoms with E-state index in [2.05, 4.69) is 5.32 Å². The molecule has 2 unspecified atom stereocenters. The van der Waals surface area contributed by atoms with Gasteiger partial charge in [-0.3, -0.25) is 9.00 Å². The Morgan fingerprint density at radius 1 is 1.38 bits per heavy atom. The average Bonchev–Trinajstić information content (AvgIpc) is 2.37. The number of carbonyl (C=O) groups is 1. The number of hydrogen-bond acceptors (Lipinski definition) is 3. The Bertz CT molecular complexity index is 520. The Morgan fingerprint density at radius 2 is 2.05 bits per heavy atom. The van der Waals surface area contributed by atoms with E-state index in [1.54, 1.807) is 23.7 Å². The van der Waals surface area contributed by atoms with Crippen LogP contribution < -0.4 is 10.6 Å². The van der Waals surface area contributed by atoms with Crippen LogP contribution in [0.4, 0.5) is 18.9 Å². The minimum atomic E-state index is -4.91. The van der Waals surface area contributed by atoms with Crippen molar-refractivity contribution in [3.8, 4) is 0 Å². The Morgan fingerprint density at radius 3 is 2.62 bits per heavy atom. The summed E-state index contributed by atoms with van der Waals surface area (Å²) in [6.45, 7) is 2.78. The quantitative estimate of drug-likeness (QED) is 0.843. The molecular weight excluding hydrogens is 305 g/mol. The lowest BCUT2D eigenvalue weighted by Crippen LogP contribution is -2.30. The van der Waals surface area contributed by atoms with E-state index in [0.29, 0.717) is 13.1 Å². The number of hydrogen-bond donors (Lipinski definition) is 2. The molecule has 0 bridgehead atoms. The molecule has 0 spiro atoms. The summed E-state index contributed by atoms with van der Waals surface area (Å²) >= 11 is 0. The standard InChI is InChI=1S/C13H17F3N2O2S/c1-9(21(2)20)7-17-8-10-4-3-5-11(6-10)18-12(19)13(14,15)16/h3-6,9,17H,7-8H2,1-2H3,(H,18,19). The molecule has 0 aliphatic carbocycles. The van der Waals surface area contributed by atoms with Crippen molar-refractivity contribution >= 4 is 22.4 Å². The van der Waals surface area contributed by atoms with Crippen LogP contribution in [0.5, 0.6) is 0 Å². The Hall–Kier alpha value is -1.41. The van der Waals surface area contributed by atoms with Crippen LogP contribution in [0.2, 0.25) is 0 Å². The molecule has 0 aliphatic heterocycles. The molecule has 0 saturated carbocycles. The highest BCUT2D eigenvalue weighted by Crippen LogP contribution is 2.18. The van der Waals surface area contributed by atoms with Crippen LogP contribution in [0.15, 0.2) is 24.3 Å². The molecule has 0 heterocycles. The second-order valence-electron chi connectivity index (χ2n) is 4.59. The number of rotatable bonds is 6. The number of alkyl halides is 3. The third-order valence-corrected chi connectivity index (χ3v) is 4.07. The Labute approximate surface area is 123 Å². The lowest BCUT2D eigenvalue weighted by molar-refractivity contribution is -0.167. The predicted molar refractivity (Wildman–Crippen MR) is 76.4 cm³/mol. The van der Waals surface area contributed by atoms with E-state index in [9.17, 15) is 22.2 Å². The molecule has 0 fully saturated rings. The monoisotopic (exact) mass is 322 g/mol. The van der Waals surface area contributed by atoms with Gasteiger partial charge in [-0.1, -0.05) is 12.1 Å². The van der Waals surface area contributed by atoms with E-state index in [4.69, 9.17) is 0 Å². The Kier molecular flexibility index (Phi) is 6.35. The van der Waals surface area contributed by atoms with Crippen LogP contribution in [0.1, 0.15) is 12.5 Å². The van der Waals surface area contributed by atoms with Gasteiger partial charge in [0.25, 0.3) is 0 Å². The summed E-state index contributed by atoms with van der Waals surface area (Å²) in [6, 6.07) is 6.13. The maximum absolute atomic E-state index is 12.1. The number of benzene rings is 1. The number of nitrogens with one attached hydrogen (secondary N) is 2. The highest BCUT2D eigenvalue weighted by molar-refractivity contribution is 7.84. The normalized spacial score (nSPS) is 14.5. The van der Waals surface area contributed by atoms with Crippen molar-refractivity contribution in [3.05, 3.63) is 29.8 Å². The van der Waals surface area contributed by atoms with Gasteiger partial charge in [0, 0.05) is 41.1 Å². The van der Waals surface area contributed by atoms with Gasteiger partial charge in [-0.15, -0.1) is 0 Å². The van der Waals surface area contributed by atoms with Crippen molar-refractivity contribution in [1.29, 1.82) is 0 Å². The fourth-order valence-electron chi connectivity index (χ4n) is 1.50.